The van der Waals surface area contributed by atoms with Crippen LogP contribution in [0.15, 0.2) is 0 Å². The summed E-state index contributed by atoms with van der Waals surface area (Å²) in [7, 11) is 0. The molecule has 1 saturated carbocycles. The third-order valence-electron chi connectivity index (χ3n) is 5.83. The largest absolute Gasteiger partial charge is 0.480 e. The molecule has 5 nitrogen and oxygen atoms in total. The molecule has 21 heavy (non-hydrogen) atoms. The molecular formula is C16H26N2O3. The van der Waals surface area contributed by atoms with Crippen molar-refractivity contribution in [1.82, 2.24) is 9.80 Å². The lowest BCUT2D eigenvalue weighted by atomic mass is 9.94. The highest BCUT2D eigenvalue weighted by Gasteiger charge is 2.50. The molecule has 0 aromatic heterocycles. The summed E-state index contributed by atoms with van der Waals surface area (Å²) in [6.45, 7) is 6.59. The highest BCUT2D eigenvalue weighted by atomic mass is 16.4. The van der Waals surface area contributed by atoms with Gasteiger partial charge < -0.3 is 14.9 Å². The number of amides is 2. The number of carboxylic acids is 1. The molecule has 3 aliphatic rings. The van der Waals surface area contributed by atoms with E-state index < -0.39 is 12.0 Å². The van der Waals surface area contributed by atoms with Gasteiger partial charge in [0.2, 0.25) is 0 Å². The first-order chi connectivity index (χ1) is 9.99. The quantitative estimate of drug-likeness (QED) is 0.850. The van der Waals surface area contributed by atoms with Crippen LogP contribution in [0.3, 0.4) is 0 Å². The summed E-state index contributed by atoms with van der Waals surface area (Å²) < 4.78 is 0. The Bertz CT molecular complexity index is 437. The molecular weight excluding hydrogens is 268 g/mol. The van der Waals surface area contributed by atoms with Gasteiger partial charge in [-0.25, -0.2) is 9.59 Å². The summed E-state index contributed by atoms with van der Waals surface area (Å²) in [4.78, 5) is 27.9. The molecule has 3 fully saturated rings. The number of likely N-dealkylation sites (tertiary alicyclic amines) is 2. The van der Waals surface area contributed by atoms with E-state index in [0.29, 0.717) is 24.3 Å². The maximum atomic E-state index is 12.8. The molecule has 0 bridgehead atoms. The Morgan fingerprint density at radius 1 is 1.14 bits per heavy atom. The van der Waals surface area contributed by atoms with E-state index in [2.05, 4.69) is 13.8 Å². The van der Waals surface area contributed by atoms with Gasteiger partial charge in [0.25, 0.3) is 0 Å². The maximum absolute atomic E-state index is 12.8. The second kappa shape index (κ2) is 5.50. The standard InChI is InChI=1S/C16H26N2O3/c1-10(2)11-6-7-17(8-11)16(21)18-9-12-4-3-5-13(12)14(18)15(19)20/h10-14H,3-9H2,1-2H3,(H,19,20). The third kappa shape index (κ3) is 2.51. The van der Waals surface area contributed by atoms with Crippen LogP contribution in [0.1, 0.15) is 39.5 Å². The summed E-state index contributed by atoms with van der Waals surface area (Å²) in [5.74, 6) is 0.890. The van der Waals surface area contributed by atoms with Crippen LogP contribution in [0.2, 0.25) is 0 Å². The van der Waals surface area contributed by atoms with Crippen LogP contribution in [0, 0.1) is 23.7 Å². The summed E-state index contributed by atoms with van der Waals surface area (Å²) in [6.07, 6.45) is 4.19. The topological polar surface area (TPSA) is 60.9 Å². The number of hydrogen-bond donors (Lipinski definition) is 1. The Kier molecular flexibility index (Phi) is 3.84. The Morgan fingerprint density at radius 3 is 2.52 bits per heavy atom. The van der Waals surface area contributed by atoms with E-state index >= 15 is 0 Å². The van der Waals surface area contributed by atoms with E-state index in [1.54, 1.807) is 4.90 Å². The number of urea groups is 1. The molecule has 4 atom stereocenters. The summed E-state index contributed by atoms with van der Waals surface area (Å²) in [5, 5.41) is 9.55. The van der Waals surface area contributed by atoms with E-state index in [1.807, 2.05) is 4.90 Å². The zero-order valence-electron chi connectivity index (χ0n) is 13.0. The van der Waals surface area contributed by atoms with Gasteiger partial charge in [0.15, 0.2) is 0 Å². The SMILES string of the molecule is CC(C)C1CCN(C(=O)N2CC3CCCC3C2C(=O)O)C1. The number of nitrogens with zero attached hydrogens (tertiary/aromatic N) is 2. The van der Waals surface area contributed by atoms with Gasteiger partial charge in [-0.3, -0.25) is 0 Å². The monoisotopic (exact) mass is 294 g/mol. The van der Waals surface area contributed by atoms with E-state index in [4.69, 9.17) is 0 Å². The maximum Gasteiger partial charge on any atom is 0.326 e. The normalized spacial score (nSPS) is 35.6. The lowest BCUT2D eigenvalue weighted by Crippen LogP contribution is -2.49. The van der Waals surface area contributed by atoms with Crippen LogP contribution < -0.4 is 0 Å². The fourth-order valence-electron chi connectivity index (χ4n) is 4.51. The van der Waals surface area contributed by atoms with Gasteiger partial charge in [-0.1, -0.05) is 20.3 Å². The van der Waals surface area contributed by atoms with Crippen LogP contribution in [0.25, 0.3) is 0 Å². The van der Waals surface area contributed by atoms with Gasteiger partial charge in [-0.05, 0) is 42.9 Å². The van der Waals surface area contributed by atoms with Crippen LogP contribution >= 0.6 is 0 Å². The van der Waals surface area contributed by atoms with E-state index in [-0.39, 0.29) is 11.9 Å². The second-order valence-corrected chi connectivity index (χ2v) is 7.31. The smallest absolute Gasteiger partial charge is 0.326 e. The average molecular weight is 294 g/mol. The fourth-order valence-corrected chi connectivity index (χ4v) is 4.51. The molecule has 2 saturated heterocycles. The molecule has 0 radical (unpaired) electrons. The van der Waals surface area contributed by atoms with Crippen molar-refractivity contribution < 1.29 is 14.7 Å². The number of carbonyl (C=O) groups excluding carboxylic acids is 1. The van der Waals surface area contributed by atoms with E-state index in [0.717, 1.165) is 38.8 Å². The minimum Gasteiger partial charge on any atom is -0.480 e. The predicted octanol–water partition coefficient (Wildman–Crippen LogP) is 2.27. The minimum atomic E-state index is -0.822. The molecule has 3 rings (SSSR count). The number of hydrogen-bond acceptors (Lipinski definition) is 2. The molecule has 118 valence electrons. The van der Waals surface area contributed by atoms with Gasteiger partial charge in [-0.2, -0.15) is 0 Å². The minimum absolute atomic E-state index is 0.0417. The van der Waals surface area contributed by atoms with Crippen molar-refractivity contribution in [3.8, 4) is 0 Å². The summed E-state index contributed by atoms with van der Waals surface area (Å²) >= 11 is 0. The molecule has 4 unspecified atom stereocenters. The number of fused-ring (bicyclic) bond motifs is 1. The van der Waals surface area contributed by atoms with Crippen molar-refractivity contribution in [3.05, 3.63) is 0 Å². The van der Waals surface area contributed by atoms with Gasteiger partial charge >= 0.3 is 12.0 Å². The Morgan fingerprint density at radius 2 is 1.90 bits per heavy atom. The van der Waals surface area contributed by atoms with Crippen molar-refractivity contribution in [2.45, 2.75) is 45.6 Å². The third-order valence-corrected chi connectivity index (χ3v) is 5.83. The van der Waals surface area contributed by atoms with Crippen molar-refractivity contribution in [2.24, 2.45) is 23.7 Å². The van der Waals surface area contributed by atoms with Gasteiger partial charge in [0.1, 0.15) is 6.04 Å². The molecule has 2 aliphatic heterocycles. The molecule has 1 N–H and O–H groups in total. The molecule has 1 aliphatic carbocycles. The van der Waals surface area contributed by atoms with Gasteiger partial charge in [-0.15, -0.1) is 0 Å². The lowest BCUT2D eigenvalue weighted by molar-refractivity contribution is -0.142. The first-order valence-corrected chi connectivity index (χ1v) is 8.27. The second-order valence-electron chi connectivity index (χ2n) is 7.31. The predicted molar refractivity (Wildman–Crippen MR) is 78.9 cm³/mol. The van der Waals surface area contributed by atoms with Crippen molar-refractivity contribution in [1.29, 1.82) is 0 Å². The van der Waals surface area contributed by atoms with Crippen LogP contribution in [0.4, 0.5) is 4.79 Å². The Hall–Kier alpha value is -1.26. The molecule has 0 aromatic rings. The summed E-state index contributed by atoms with van der Waals surface area (Å²) in [6, 6.07) is -0.636. The van der Waals surface area contributed by atoms with Crippen molar-refractivity contribution in [3.63, 3.8) is 0 Å². The van der Waals surface area contributed by atoms with Gasteiger partial charge in [0.05, 0.1) is 0 Å². The average Bonchev–Trinajstić information content (AvgIpc) is 3.11. The molecule has 0 aromatic carbocycles. The molecule has 5 heteroatoms. The number of rotatable bonds is 2. The first kappa shape index (κ1) is 14.7. The highest BCUT2D eigenvalue weighted by molar-refractivity contribution is 5.84. The zero-order chi connectivity index (χ0) is 15.1. The van der Waals surface area contributed by atoms with E-state index in [1.165, 1.54) is 0 Å². The molecule has 0 spiro atoms. The molecule has 2 amide bonds. The number of carboxylic acid groups (broad SMARTS) is 1. The van der Waals surface area contributed by atoms with Crippen molar-refractivity contribution in [2.75, 3.05) is 19.6 Å². The Labute approximate surface area is 126 Å². The van der Waals surface area contributed by atoms with E-state index in [9.17, 15) is 14.7 Å². The van der Waals surface area contributed by atoms with Crippen LogP contribution in [0.5, 0.6) is 0 Å². The fraction of sp³-hybridized carbons (Fsp3) is 0.875. The lowest BCUT2D eigenvalue weighted by Gasteiger charge is -2.29. The molecule has 2 heterocycles. The highest BCUT2D eigenvalue weighted by Crippen LogP contribution is 2.43. The zero-order valence-corrected chi connectivity index (χ0v) is 13.0. The van der Waals surface area contributed by atoms with Crippen LogP contribution in [-0.2, 0) is 4.79 Å². The number of aliphatic carboxylic acids is 1. The van der Waals surface area contributed by atoms with Crippen molar-refractivity contribution >= 4 is 12.0 Å². The number of carbonyl (C=O) groups is 2. The Balaban J connectivity index is 1.71. The first-order valence-electron chi connectivity index (χ1n) is 8.27. The van der Waals surface area contributed by atoms with Gasteiger partial charge in [0, 0.05) is 19.6 Å². The van der Waals surface area contributed by atoms with Crippen LogP contribution in [-0.4, -0.2) is 52.6 Å². The summed E-state index contributed by atoms with van der Waals surface area (Å²) in [5.41, 5.74) is 0.